The Morgan fingerprint density at radius 1 is 1.17 bits per heavy atom. The number of carbonyl (C=O) groups excluding carboxylic acids is 1. The minimum atomic E-state index is -0.715. The highest BCUT2D eigenvalue weighted by molar-refractivity contribution is 5.83. The van der Waals surface area contributed by atoms with Gasteiger partial charge in [0, 0.05) is 12.6 Å². The van der Waals surface area contributed by atoms with E-state index in [1.807, 2.05) is 35.2 Å². The van der Waals surface area contributed by atoms with Crippen LogP contribution in [0.4, 0.5) is 0 Å². The third kappa shape index (κ3) is 3.46. The molecule has 24 heavy (non-hydrogen) atoms. The van der Waals surface area contributed by atoms with Crippen molar-refractivity contribution in [2.45, 2.75) is 50.6 Å². The molecule has 0 radical (unpaired) electrons. The van der Waals surface area contributed by atoms with Crippen LogP contribution >= 0.6 is 0 Å². The zero-order valence-electron chi connectivity index (χ0n) is 13.9. The highest BCUT2D eigenvalue weighted by atomic mass is 16.4. The number of carbonyl (C=O) groups is 2. The monoisotopic (exact) mass is 330 g/mol. The SMILES string of the molecule is NC(Cc1ccccc1)C(=O)N1CCC(C(=O)O)C2CCCCC21. The number of hydrogen-bond donors (Lipinski definition) is 2. The van der Waals surface area contributed by atoms with Crippen LogP contribution in [0.15, 0.2) is 30.3 Å². The van der Waals surface area contributed by atoms with Gasteiger partial charge in [-0.15, -0.1) is 0 Å². The molecule has 1 aromatic carbocycles. The van der Waals surface area contributed by atoms with Gasteiger partial charge in [-0.1, -0.05) is 43.2 Å². The van der Waals surface area contributed by atoms with Gasteiger partial charge in [0.05, 0.1) is 12.0 Å². The molecular formula is C19H26N2O3. The first-order valence-corrected chi connectivity index (χ1v) is 8.90. The van der Waals surface area contributed by atoms with Crippen LogP contribution in [0.1, 0.15) is 37.7 Å². The summed E-state index contributed by atoms with van der Waals surface area (Å²) < 4.78 is 0. The lowest BCUT2D eigenvalue weighted by Gasteiger charge is -2.47. The molecule has 0 bridgehead atoms. The number of carboxylic acids is 1. The summed E-state index contributed by atoms with van der Waals surface area (Å²) in [5.41, 5.74) is 7.24. The van der Waals surface area contributed by atoms with Gasteiger partial charge in [0.2, 0.25) is 5.91 Å². The summed E-state index contributed by atoms with van der Waals surface area (Å²) in [6.07, 6.45) is 4.99. The molecule has 2 fully saturated rings. The Hall–Kier alpha value is -1.88. The first kappa shape index (κ1) is 17.0. The zero-order chi connectivity index (χ0) is 17.1. The molecular weight excluding hydrogens is 304 g/mol. The van der Waals surface area contributed by atoms with Crippen molar-refractivity contribution >= 4 is 11.9 Å². The largest absolute Gasteiger partial charge is 0.481 e. The van der Waals surface area contributed by atoms with Crippen molar-refractivity contribution in [3.05, 3.63) is 35.9 Å². The number of fused-ring (bicyclic) bond motifs is 1. The van der Waals surface area contributed by atoms with Crippen molar-refractivity contribution in [1.29, 1.82) is 0 Å². The van der Waals surface area contributed by atoms with Gasteiger partial charge < -0.3 is 15.7 Å². The van der Waals surface area contributed by atoms with Crippen LogP contribution in [0.5, 0.6) is 0 Å². The molecule has 2 aliphatic rings. The number of benzene rings is 1. The van der Waals surface area contributed by atoms with Gasteiger partial charge in [-0.05, 0) is 37.2 Å². The summed E-state index contributed by atoms with van der Waals surface area (Å²) in [6, 6.07) is 9.28. The van der Waals surface area contributed by atoms with Crippen LogP contribution in [0.3, 0.4) is 0 Å². The van der Waals surface area contributed by atoms with Gasteiger partial charge in [-0.2, -0.15) is 0 Å². The fourth-order valence-electron chi connectivity index (χ4n) is 4.40. The first-order valence-electron chi connectivity index (χ1n) is 8.90. The van der Waals surface area contributed by atoms with E-state index < -0.39 is 12.0 Å². The maximum atomic E-state index is 12.9. The molecule has 0 spiro atoms. The van der Waals surface area contributed by atoms with Gasteiger partial charge >= 0.3 is 5.97 Å². The molecule has 0 aromatic heterocycles. The second kappa shape index (κ2) is 7.34. The van der Waals surface area contributed by atoms with E-state index in [2.05, 4.69) is 0 Å². The number of rotatable bonds is 4. The van der Waals surface area contributed by atoms with E-state index in [1.54, 1.807) is 0 Å². The first-order chi connectivity index (χ1) is 11.6. The van der Waals surface area contributed by atoms with Gasteiger partial charge in [0.15, 0.2) is 0 Å². The van der Waals surface area contributed by atoms with E-state index in [9.17, 15) is 14.7 Å². The molecule has 130 valence electrons. The smallest absolute Gasteiger partial charge is 0.306 e. The minimum Gasteiger partial charge on any atom is -0.481 e. The Labute approximate surface area is 142 Å². The second-order valence-electron chi connectivity index (χ2n) is 7.08. The number of likely N-dealkylation sites (tertiary alicyclic amines) is 1. The lowest BCUT2D eigenvalue weighted by Crippen LogP contribution is -2.58. The lowest BCUT2D eigenvalue weighted by atomic mass is 9.71. The molecule has 4 unspecified atom stereocenters. The van der Waals surface area contributed by atoms with Crippen LogP contribution < -0.4 is 5.73 Å². The van der Waals surface area contributed by atoms with E-state index in [0.29, 0.717) is 19.4 Å². The Kier molecular flexibility index (Phi) is 5.19. The van der Waals surface area contributed by atoms with E-state index >= 15 is 0 Å². The van der Waals surface area contributed by atoms with Gasteiger partial charge in [-0.3, -0.25) is 9.59 Å². The van der Waals surface area contributed by atoms with Crippen molar-refractivity contribution in [1.82, 2.24) is 4.90 Å². The van der Waals surface area contributed by atoms with Crippen LogP contribution in [0.25, 0.3) is 0 Å². The Morgan fingerprint density at radius 3 is 2.58 bits per heavy atom. The molecule has 3 N–H and O–H groups in total. The molecule has 1 saturated heterocycles. The summed E-state index contributed by atoms with van der Waals surface area (Å²) >= 11 is 0. The highest BCUT2D eigenvalue weighted by Gasteiger charge is 2.44. The Bertz CT molecular complexity index is 590. The summed E-state index contributed by atoms with van der Waals surface area (Å²) in [6.45, 7) is 0.513. The van der Waals surface area contributed by atoms with Crippen molar-refractivity contribution in [3.63, 3.8) is 0 Å². The molecule has 1 aliphatic heterocycles. The highest BCUT2D eigenvalue weighted by Crippen LogP contribution is 2.39. The van der Waals surface area contributed by atoms with Crippen molar-refractivity contribution in [3.8, 4) is 0 Å². The minimum absolute atomic E-state index is 0.0282. The van der Waals surface area contributed by atoms with Crippen LogP contribution in [-0.2, 0) is 16.0 Å². The molecule has 1 aliphatic carbocycles. The average molecular weight is 330 g/mol. The predicted octanol–water partition coefficient (Wildman–Crippen LogP) is 2.05. The third-order valence-corrected chi connectivity index (χ3v) is 5.60. The lowest BCUT2D eigenvalue weighted by molar-refractivity contribution is -0.154. The molecule has 1 aromatic rings. The second-order valence-corrected chi connectivity index (χ2v) is 7.08. The van der Waals surface area contributed by atoms with Crippen LogP contribution in [0, 0.1) is 11.8 Å². The van der Waals surface area contributed by atoms with E-state index in [0.717, 1.165) is 31.2 Å². The van der Waals surface area contributed by atoms with Gasteiger partial charge in [-0.25, -0.2) is 0 Å². The van der Waals surface area contributed by atoms with Crippen molar-refractivity contribution in [2.75, 3.05) is 6.54 Å². The number of nitrogens with two attached hydrogens (primary N) is 1. The van der Waals surface area contributed by atoms with Gasteiger partial charge in [0.1, 0.15) is 0 Å². The number of aliphatic carboxylic acids is 1. The maximum Gasteiger partial charge on any atom is 0.306 e. The molecule has 1 amide bonds. The molecule has 3 rings (SSSR count). The fourth-order valence-corrected chi connectivity index (χ4v) is 4.40. The Balaban J connectivity index is 1.71. The number of nitrogens with zero attached hydrogens (tertiary/aromatic N) is 1. The van der Waals surface area contributed by atoms with Crippen molar-refractivity contribution in [2.24, 2.45) is 17.6 Å². The van der Waals surface area contributed by atoms with E-state index in [1.165, 1.54) is 0 Å². The quantitative estimate of drug-likeness (QED) is 0.885. The molecule has 5 heteroatoms. The maximum absolute atomic E-state index is 12.9. The van der Waals surface area contributed by atoms with Gasteiger partial charge in [0.25, 0.3) is 0 Å². The van der Waals surface area contributed by atoms with E-state index in [4.69, 9.17) is 5.73 Å². The zero-order valence-corrected chi connectivity index (χ0v) is 13.9. The fraction of sp³-hybridized carbons (Fsp3) is 0.579. The standard InChI is InChI=1S/C19H26N2O3/c20-16(12-13-6-2-1-3-7-13)18(22)21-11-10-15(19(23)24)14-8-4-5-9-17(14)21/h1-3,6-7,14-17H,4-5,8-12,20H2,(H,23,24). The molecule has 1 saturated carbocycles. The predicted molar refractivity (Wildman–Crippen MR) is 91.3 cm³/mol. The number of carboxylic acid groups (broad SMARTS) is 1. The summed E-state index contributed by atoms with van der Waals surface area (Å²) in [4.78, 5) is 26.3. The summed E-state index contributed by atoms with van der Waals surface area (Å²) in [5, 5.41) is 9.48. The third-order valence-electron chi connectivity index (χ3n) is 5.60. The van der Waals surface area contributed by atoms with Crippen molar-refractivity contribution < 1.29 is 14.7 Å². The van der Waals surface area contributed by atoms with Crippen LogP contribution in [-0.4, -0.2) is 40.5 Å². The molecule has 5 nitrogen and oxygen atoms in total. The Morgan fingerprint density at radius 2 is 1.88 bits per heavy atom. The van der Waals surface area contributed by atoms with Crippen LogP contribution in [0.2, 0.25) is 0 Å². The average Bonchev–Trinajstić information content (AvgIpc) is 2.60. The van der Waals surface area contributed by atoms with E-state index in [-0.39, 0.29) is 23.8 Å². The topological polar surface area (TPSA) is 83.6 Å². The number of amides is 1. The molecule has 4 atom stereocenters. The normalized spacial score (nSPS) is 28.0. The summed E-state index contributed by atoms with van der Waals surface area (Å²) in [5.74, 6) is -0.977. The molecule has 1 heterocycles. The summed E-state index contributed by atoms with van der Waals surface area (Å²) in [7, 11) is 0. The number of piperidine rings is 1. The number of hydrogen-bond acceptors (Lipinski definition) is 3.